The number of nitrogens with two attached hydrogens (primary N) is 1. The van der Waals surface area contributed by atoms with Crippen molar-refractivity contribution < 1.29 is 14.7 Å². The SMILES string of the molecule is CCCC[C@H](NC(=O)c1ccc(Cl)c(N)c1)C(=O)O. The summed E-state index contributed by atoms with van der Waals surface area (Å²) in [7, 11) is 0. The number of hydrogen-bond acceptors (Lipinski definition) is 3. The predicted octanol–water partition coefficient (Wildman–Crippen LogP) is 2.30. The topological polar surface area (TPSA) is 92.4 Å². The molecule has 4 N–H and O–H groups in total. The molecule has 0 saturated heterocycles. The van der Waals surface area contributed by atoms with Crippen molar-refractivity contribution in [2.45, 2.75) is 32.2 Å². The summed E-state index contributed by atoms with van der Waals surface area (Å²) in [5.74, 6) is -1.50. The van der Waals surface area contributed by atoms with E-state index in [0.29, 0.717) is 17.0 Å². The van der Waals surface area contributed by atoms with Crippen LogP contribution < -0.4 is 11.1 Å². The Balaban J connectivity index is 2.75. The Kier molecular flexibility index (Phi) is 5.63. The lowest BCUT2D eigenvalue weighted by atomic mass is 10.1. The minimum Gasteiger partial charge on any atom is -0.480 e. The molecule has 19 heavy (non-hydrogen) atoms. The molecule has 0 saturated carbocycles. The van der Waals surface area contributed by atoms with Crippen LogP contribution in [0, 0.1) is 0 Å². The number of hydrogen-bond donors (Lipinski definition) is 3. The Labute approximate surface area is 116 Å². The van der Waals surface area contributed by atoms with E-state index in [0.717, 1.165) is 12.8 Å². The van der Waals surface area contributed by atoms with Crippen LogP contribution in [0.5, 0.6) is 0 Å². The molecule has 0 spiro atoms. The quantitative estimate of drug-likeness (QED) is 0.699. The zero-order chi connectivity index (χ0) is 14.4. The van der Waals surface area contributed by atoms with Gasteiger partial charge in [0, 0.05) is 5.56 Å². The monoisotopic (exact) mass is 284 g/mol. The molecule has 0 aromatic heterocycles. The number of unbranched alkanes of at least 4 members (excludes halogenated alkanes) is 1. The average Bonchev–Trinajstić information content (AvgIpc) is 2.37. The van der Waals surface area contributed by atoms with Gasteiger partial charge in [-0.2, -0.15) is 0 Å². The van der Waals surface area contributed by atoms with Crippen LogP contribution in [0.1, 0.15) is 36.5 Å². The number of carbonyl (C=O) groups is 2. The van der Waals surface area contributed by atoms with Crippen molar-refractivity contribution in [3.63, 3.8) is 0 Å². The number of amides is 1. The third-order valence-corrected chi connectivity index (χ3v) is 3.05. The van der Waals surface area contributed by atoms with Crippen LogP contribution >= 0.6 is 11.6 Å². The molecule has 104 valence electrons. The Morgan fingerprint density at radius 1 is 1.47 bits per heavy atom. The molecule has 0 heterocycles. The van der Waals surface area contributed by atoms with Gasteiger partial charge < -0.3 is 16.2 Å². The van der Waals surface area contributed by atoms with E-state index in [2.05, 4.69) is 5.32 Å². The van der Waals surface area contributed by atoms with E-state index in [1.54, 1.807) is 0 Å². The summed E-state index contributed by atoms with van der Waals surface area (Å²) < 4.78 is 0. The average molecular weight is 285 g/mol. The van der Waals surface area contributed by atoms with Crippen LogP contribution in [-0.4, -0.2) is 23.0 Å². The molecular weight excluding hydrogens is 268 g/mol. The molecule has 1 amide bonds. The van der Waals surface area contributed by atoms with Gasteiger partial charge in [-0.15, -0.1) is 0 Å². The van der Waals surface area contributed by atoms with E-state index in [4.69, 9.17) is 22.4 Å². The first-order valence-corrected chi connectivity index (χ1v) is 6.42. The van der Waals surface area contributed by atoms with E-state index < -0.39 is 17.9 Å². The van der Waals surface area contributed by atoms with E-state index in [9.17, 15) is 9.59 Å². The van der Waals surface area contributed by atoms with Crippen molar-refractivity contribution in [3.05, 3.63) is 28.8 Å². The Morgan fingerprint density at radius 3 is 2.68 bits per heavy atom. The molecule has 1 aromatic rings. The van der Waals surface area contributed by atoms with Gasteiger partial charge in [-0.05, 0) is 24.6 Å². The van der Waals surface area contributed by atoms with Gasteiger partial charge in [0.15, 0.2) is 0 Å². The fourth-order valence-corrected chi connectivity index (χ4v) is 1.71. The number of aliphatic carboxylic acids is 1. The highest BCUT2D eigenvalue weighted by molar-refractivity contribution is 6.33. The van der Waals surface area contributed by atoms with Crippen LogP contribution in [-0.2, 0) is 4.79 Å². The molecule has 0 fully saturated rings. The lowest BCUT2D eigenvalue weighted by Gasteiger charge is -2.14. The van der Waals surface area contributed by atoms with Gasteiger partial charge in [0.2, 0.25) is 0 Å². The van der Waals surface area contributed by atoms with Crippen LogP contribution in [0.3, 0.4) is 0 Å². The maximum absolute atomic E-state index is 11.9. The third-order valence-electron chi connectivity index (χ3n) is 2.71. The minimum atomic E-state index is -1.04. The summed E-state index contributed by atoms with van der Waals surface area (Å²) >= 11 is 5.76. The van der Waals surface area contributed by atoms with Crippen molar-refractivity contribution in [1.82, 2.24) is 5.32 Å². The summed E-state index contributed by atoms with van der Waals surface area (Å²) in [6, 6.07) is 3.56. The number of benzene rings is 1. The predicted molar refractivity (Wildman–Crippen MR) is 74.3 cm³/mol. The molecule has 0 aliphatic heterocycles. The standard InChI is InChI=1S/C13H17ClN2O3/c1-2-3-4-11(13(18)19)16-12(17)8-5-6-9(14)10(15)7-8/h5-7,11H,2-4,15H2,1H3,(H,16,17)(H,18,19)/t11-/m0/s1. The summed E-state index contributed by atoms with van der Waals surface area (Å²) in [5, 5.41) is 11.9. The van der Waals surface area contributed by atoms with Crippen LogP contribution in [0.4, 0.5) is 5.69 Å². The molecule has 6 heteroatoms. The first-order chi connectivity index (χ1) is 8.95. The number of nitrogen functional groups attached to an aromatic ring is 1. The largest absolute Gasteiger partial charge is 0.480 e. The van der Waals surface area contributed by atoms with Gasteiger partial charge in [0.25, 0.3) is 5.91 Å². The Hall–Kier alpha value is -1.75. The second-order valence-corrected chi connectivity index (χ2v) is 4.65. The molecule has 0 bridgehead atoms. The molecule has 0 radical (unpaired) electrons. The van der Waals surface area contributed by atoms with Crippen molar-refractivity contribution in [1.29, 1.82) is 0 Å². The van der Waals surface area contributed by atoms with Gasteiger partial charge >= 0.3 is 5.97 Å². The highest BCUT2D eigenvalue weighted by Gasteiger charge is 2.20. The smallest absolute Gasteiger partial charge is 0.326 e. The number of rotatable bonds is 6. The fraction of sp³-hybridized carbons (Fsp3) is 0.385. The number of carboxylic acids is 1. The number of nitrogens with one attached hydrogen (secondary N) is 1. The summed E-state index contributed by atoms with van der Waals surface area (Å²) in [6.07, 6.45) is 2.01. The van der Waals surface area contributed by atoms with Crippen LogP contribution in [0.25, 0.3) is 0 Å². The first-order valence-electron chi connectivity index (χ1n) is 6.04. The summed E-state index contributed by atoms with van der Waals surface area (Å²) in [5.41, 5.74) is 6.18. The fourth-order valence-electron chi connectivity index (χ4n) is 1.59. The van der Waals surface area contributed by atoms with E-state index in [1.165, 1.54) is 18.2 Å². The molecule has 1 atom stereocenters. The molecule has 0 aliphatic rings. The number of carboxylic acid groups (broad SMARTS) is 1. The molecular formula is C13H17ClN2O3. The Morgan fingerprint density at radius 2 is 2.16 bits per heavy atom. The molecule has 0 aliphatic carbocycles. The van der Waals surface area contributed by atoms with Gasteiger partial charge in [-0.25, -0.2) is 4.79 Å². The number of anilines is 1. The van der Waals surface area contributed by atoms with Gasteiger partial charge in [0.05, 0.1) is 10.7 Å². The second-order valence-electron chi connectivity index (χ2n) is 4.24. The zero-order valence-electron chi connectivity index (χ0n) is 10.6. The highest BCUT2D eigenvalue weighted by atomic mass is 35.5. The normalized spacial score (nSPS) is 11.9. The van der Waals surface area contributed by atoms with Gasteiger partial charge in [0.1, 0.15) is 6.04 Å². The maximum atomic E-state index is 11.9. The van der Waals surface area contributed by atoms with E-state index >= 15 is 0 Å². The number of carbonyl (C=O) groups excluding carboxylic acids is 1. The lowest BCUT2D eigenvalue weighted by Crippen LogP contribution is -2.40. The van der Waals surface area contributed by atoms with Crippen molar-refractivity contribution >= 4 is 29.2 Å². The molecule has 5 nitrogen and oxygen atoms in total. The van der Waals surface area contributed by atoms with Crippen molar-refractivity contribution in [2.75, 3.05) is 5.73 Å². The van der Waals surface area contributed by atoms with Gasteiger partial charge in [-0.3, -0.25) is 4.79 Å². The summed E-state index contributed by atoms with van der Waals surface area (Å²) in [4.78, 5) is 22.9. The zero-order valence-corrected chi connectivity index (χ0v) is 11.4. The van der Waals surface area contributed by atoms with E-state index in [1.807, 2.05) is 6.92 Å². The van der Waals surface area contributed by atoms with Crippen LogP contribution in [0.2, 0.25) is 5.02 Å². The molecule has 1 aromatic carbocycles. The van der Waals surface area contributed by atoms with E-state index in [-0.39, 0.29) is 5.69 Å². The van der Waals surface area contributed by atoms with Crippen molar-refractivity contribution in [3.8, 4) is 0 Å². The molecule has 1 rings (SSSR count). The maximum Gasteiger partial charge on any atom is 0.326 e. The number of halogens is 1. The summed E-state index contributed by atoms with van der Waals surface area (Å²) in [6.45, 7) is 1.96. The van der Waals surface area contributed by atoms with Crippen LogP contribution in [0.15, 0.2) is 18.2 Å². The first kappa shape index (κ1) is 15.3. The highest BCUT2D eigenvalue weighted by Crippen LogP contribution is 2.19. The third kappa shape index (κ3) is 4.44. The molecule has 0 unspecified atom stereocenters. The Bertz CT molecular complexity index is 477. The van der Waals surface area contributed by atoms with Crippen molar-refractivity contribution in [2.24, 2.45) is 0 Å². The minimum absolute atomic E-state index is 0.287. The second kappa shape index (κ2) is 6.99. The lowest BCUT2D eigenvalue weighted by molar-refractivity contribution is -0.139. The van der Waals surface area contributed by atoms with Gasteiger partial charge in [-0.1, -0.05) is 31.4 Å².